The second-order valence-corrected chi connectivity index (χ2v) is 3.21. The highest BCUT2D eigenvalue weighted by Gasteiger charge is 2.20. The zero-order valence-electron chi connectivity index (χ0n) is 8.30. The lowest BCUT2D eigenvalue weighted by molar-refractivity contribution is -0.116. The molecule has 1 aromatic rings. The number of aliphatic hydroxyl groups is 1. The topological polar surface area (TPSA) is 49.8 Å². The molecule has 1 aliphatic heterocycles. The Balaban J connectivity index is 2.47. The highest BCUT2D eigenvalue weighted by molar-refractivity contribution is 5.95. The van der Waals surface area contributed by atoms with Crippen LogP contribution in [0.25, 0.3) is 0 Å². The van der Waals surface area contributed by atoms with Gasteiger partial charge in [0.2, 0.25) is 5.91 Å². The number of hydrogen-bond acceptors (Lipinski definition) is 3. The van der Waals surface area contributed by atoms with E-state index in [0.29, 0.717) is 17.2 Å². The molecule has 0 aromatic heterocycles. The largest absolute Gasteiger partial charge is 0.456 e. The summed E-state index contributed by atoms with van der Waals surface area (Å²) in [5.74, 6) is 0.833. The normalized spacial score (nSPS) is 14.0. The van der Waals surface area contributed by atoms with Crippen LogP contribution < -0.4 is 9.64 Å². The zero-order chi connectivity index (χ0) is 10.8. The van der Waals surface area contributed by atoms with Crippen LogP contribution in [0.4, 0.5) is 5.69 Å². The number of carbonyl (C=O) groups excluding carboxylic acids is 1. The van der Waals surface area contributed by atoms with Gasteiger partial charge in [-0.2, -0.15) is 0 Å². The lowest BCUT2D eigenvalue weighted by Gasteiger charge is -2.25. The first-order valence-corrected chi connectivity index (χ1v) is 4.60. The average molecular weight is 205 g/mol. The third-order valence-corrected chi connectivity index (χ3v) is 2.13. The molecule has 0 aliphatic carbocycles. The molecule has 2 rings (SSSR count). The van der Waals surface area contributed by atoms with E-state index in [2.05, 4.69) is 0 Å². The summed E-state index contributed by atoms with van der Waals surface area (Å²) in [7, 11) is 0. The molecule has 15 heavy (non-hydrogen) atoms. The molecule has 4 nitrogen and oxygen atoms in total. The number of nitrogens with zero attached hydrogens (tertiary/aromatic N) is 1. The Morgan fingerprint density at radius 2 is 2.20 bits per heavy atom. The van der Waals surface area contributed by atoms with Gasteiger partial charge in [-0.3, -0.25) is 9.69 Å². The Morgan fingerprint density at radius 1 is 1.47 bits per heavy atom. The Hall–Kier alpha value is -1.81. The number of aliphatic hydroxyl groups excluding tert-OH is 1. The summed E-state index contributed by atoms with van der Waals surface area (Å²) < 4.78 is 5.38. The molecule has 0 atom stereocenters. The smallest absolute Gasteiger partial charge is 0.228 e. The van der Waals surface area contributed by atoms with Gasteiger partial charge in [0.25, 0.3) is 0 Å². The van der Waals surface area contributed by atoms with E-state index in [1.165, 1.54) is 18.0 Å². The van der Waals surface area contributed by atoms with Crippen LogP contribution in [0.3, 0.4) is 0 Å². The molecule has 0 saturated heterocycles. The first kappa shape index (κ1) is 9.73. The fraction of sp³-hybridized carbons (Fsp3) is 0.182. The van der Waals surface area contributed by atoms with Crippen molar-refractivity contribution in [3.05, 3.63) is 36.2 Å². The van der Waals surface area contributed by atoms with Gasteiger partial charge >= 0.3 is 0 Å². The fourth-order valence-electron chi connectivity index (χ4n) is 1.46. The SMILES string of the molecule is CC(=O)N1C=C(CO)Oc2ccccc21. The Bertz CT molecular complexity index is 426. The maximum absolute atomic E-state index is 11.4. The number of para-hydroxylation sites is 2. The van der Waals surface area contributed by atoms with E-state index in [1.54, 1.807) is 12.1 Å². The van der Waals surface area contributed by atoms with E-state index < -0.39 is 0 Å². The fourth-order valence-corrected chi connectivity index (χ4v) is 1.46. The number of hydrogen-bond donors (Lipinski definition) is 1. The van der Waals surface area contributed by atoms with Crippen molar-refractivity contribution in [3.63, 3.8) is 0 Å². The van der Waals surface area contributed by atoms with E-state index in [-0.39, 0.29) is 12.5 Å². The Kier molecular flexibility index (Phi) is 2.43. The summed E-state index contributed by atoms with van der Waals surface area (Å²) >= 11 is 0. The van der Waals surface area contributed by atoms with Crippen LogP contribution in [0.2, 0.25) is 0 Å². The molecule has 1 aliphatic rings. The lowest BCUT2D eigenvalue weighted by Crippen LogP contribution is -2.27. The van der Waals surface area contributed by atoms with Crippen LogP contribution in [0.5, 0.6) is 5.75 Å². The first-order valence-electron chi connectivity index (χ1n) is 4.60. The molecule has 0 bridgehead atoms. The monoisotopic (exact) mass is 205 g/mol. The third-order valence-electron chi connectivity index (χ3n) is 2.13. The van der Waals surface area contributed by atoms with Crippen molar-refractivity contribution in [1.82, 2.24) is 0 Å². The number of fused-ring (bicyclic) bond motifs is 1. The van der Waals surface area contributed by atoms with Crippen LogP contribution in [-0.4, -0.2) is 17.6 Å². The molecule has 0 spiro atoms. The van der Waals surface area contributed by atoms with Crippen LogP contribution in [0.1, 0.15) is 6.92 Å². The number of carbonyl (C=O) groups is 1. The molecule has 1 N–H and O–H groups in total. The van der Waals surface area contributed by atoms with E-state index in [9.17, 15) is 4.79 Å². The van der Waals surface area contributed by atoms with Crippen molar-refractivity contribution in [2.24, 2.45) is 0 Å². The van der Waals surface area contributed by atoms with Crippen molar-refractivity contribution in [1.29, 1.82) is 0 Å². The molecule has 0 unspecified atom stereocenters. The van der Waals surface area contributed by atoms with Gasteiger partial charge in [0.05, 0.1) is 11.9 Å². The van der Waals surface area contributed by atoms with Gasteiger partial charge in [0.15, 0.2) is 5.75 Å². The van der Waals surface area contributed by atoms with Crippen LogP contribution in [0, 0.1) is 0 Å². The third kappa shape index (κ3) is 1.71. The summed E-state index contributed by atoms with van der Waals surface area (Å²) in [4.78, 5) is 12.8. The molecular formula is C11H11NO3. The van der Waals surface area contributed by atoms with Gasteiger partial charge in [0, 0.05) is 6.92 Å². The zero-order valence-corrected chi connectivity index (χ0v) is 8.30. The molecular weight excluding hydrogens is 194 g/mol. The summed E-state index contributed by atoms with van der Waals surface area (Å²) in [6.45, 7) is 1.24. The van der Waals surface area contributed by atoms with E-state index in [0.717, 1.165) is 0 Å². The van der Waals surface area contributed by atoms with Gasteiger partial charge in [-0.25, -0.2) is 0 Å². The summed E-state index contributed by atoms with van der Waals surface area (Å²) in [6.07, 6.45) is 1.50. The van der Waals surface area contributed by atoms with E-state index >= 15 is 0 Å². The predicted octanol–water partition coefficient (Wildman–Crippen LogP) is 1.27. The maximum Gasteiger partial charge on any atom is 0.228 e. The molecule has 1 heterocycles. The van der Waals surface area contributed by atoms with Crippen molar-refractivity contribution in [2.75, 3.05) is 11.5 Å². The number of amides is 1. The van der Waals surface area contributed by atoms with Crippen LogP contribution >= 0.6 is 0 Å². The number of ether oxygens (including phenoxy) is 1. The maximum atomic E-state index is 11.4. The van der Waals surface area contributed by atoms with Crippen molar-refractivity contribution in [3.8, 4) is 5.75 Å². The van der Waals surface area contributed by atoms with Gasteiger partial charge < -0.3 is 9.84 Å². The highest BCUT2D eigenvalue weighted by Crippen LogP contribution is 2.33. The molecule has 1 aromatic carbocycles. The molecule has 0 fully saturated rings. The van der Waals surface area contributed by atoms with Crippen molar-refractivity contribution < 1.29 is 14.6 Å². The minimum absolute atomic E-state index is 0.114. The first-order chi connectivity index (χ1) is 7.22. The van der Waals surface area contributed by atoms with Crippen molar-refractivity contribution >= 4 is 11.6 Å². The Morgan fingerprint density at radius 3 is 2.87 bits per heavy atom. The number of benzene rings is 1. The number of rotatable bonds is 1. The van der Waals surface area contributed by atoms with E-state index in [4.69, 9.17) is 9.84 Å². The second kappa shape index (κ2) is 3.74. The average Bonchev–Trinajstić information content (AvgIpc) is 2.27. The van der Waals surface area contributed by atoms with E-state index in [1.807, 2.05) is 12.1 Å². The lowest BCUT2D eigenvalue weighted by atomic mass is 10.2. The molecule has 78 valence electrons. The minimum atomic E-state index is -0.224. The highest BCUT2D eigenvalue weighted by atomic mass is 16.5. The molecule has 1 amide bonds. The van der Waals surface area contributed by atoms with Gasteiger partial charge in [0.1, 0.15) is 12.4 Å². The van der Waals surface area contributed by atoms with Crippen LogP contribution in [-0.2, 0) is 4.79 Å². The standard InChI is InChI=1S/C11H11NO3/c1-8(14)12-6-9(7-13)15-11-5-3-2-4-10(11)12/h2-6,13H,7H2,1H3. The van der Waals surface area contributed by atoms with Gasteiger partial charge in [-0.15, -0.1) is 0 Å². The predicted molar refractivity (Wildman–Crippen MR) is 55.4 cm³/mol. The summed E-state index contributed by atoms with van der Waals surface area (Å²) in [5, 5.41) is 8.98. The Labute approximate surface area is 87.4 Å². The quantitative estimate of drug-likeness (QED) is 0.751. The minimum Gasteiger partial charge on any atom is -0.456 e. The van der Waals surface area contributed by atoms with Gasteiger partial charge in [-0.05, 0) is 12.1 Å². The van der Waals surface area contributed by atoms with Crippen LogP contribution in [0.15, 0.2) is 36.2 Å². The molecule has 4 heteroatoms. The molecule has 0 saturated carbocycles. The van der Waals surface area contributed by atoms with Crippen molar-refractivity contribution in [2.45, 2.75) is 6.92 Å². The summed E-state index contributed by atoms with van der Waals surface area (Å²) in [6, 6.07) is 7.20. The van der Waals surface area contributed by atoms with Gasteiger partial charge in [-0.1, -0.05) is 12.1 Å². The number of anilines is 1. The summed E-state index contributed by atoms with van der Waals surface area (Å²) in [5.41, 5.74) is 0.696. The second-order valence-electron chi connectivity index (χ2n) is 3.21. The molecule has 0 radical (unpaired) electrons.